The summed E-state index contributed by atoms with van der Waals surface area (Å²) in [6.07, 6.45) is 1.47. The predicted octanol–water partition coefficient (Wildman–Crippen LogP) is 3.70. The molecule has 7 nitrogen and oxygen atoms in total. The van der Waals surface area contributed by atoms with E-state index < -0.39 is 16.0 Å². The fourth-order valence-electron chi connectivity index (χ4n) is 3.03. The zero-order valence-corrected chi connectivity index (χ0v) is 17.4. The number of carbonyl (C=O) groups excluding carboxylic acids is 2. The maximum atomic E-state index is 12.5. The highest BCUT2D eigenvalue weighted by atomic mass is 35.5. The van der Waals surface area contributed by atoms with Crippen molar-refractivity contribution in [2.45, 2.75) is 19.8 Å². The molecule has 0 unspecified atom stereocenters. The summed E-state index contributed by atoms with van der Waals surface area (Å²) in [6, 6.07) is 10.9. The Kier molecular flexibility index (Phi) is 6.44. The Bertz CT molecular complexity index is 1020. The highest BCUT2D eigenvalue weighted by Gasteiger charge is 2.26. The van der Waals surface area contributed by atoms with Crippen LogP contribution >= 0.6 is 11.6 Å². The van der Waals surface area contributed by atoms with E-state index in [0.29, 0.717) is 29.9 Å². The van der Waals surface area contributed by atoms with Crippen LogP contribution in [0.25, 0.3) is 0 Å². The van der Waals surface area contributed by atoms with E-state index in [-0.39, 0.29) is 28.9 Å². The predicted molar refractivity (Wildman–Crippen MR) is 112 cm³/mol. The molecule has 0 aliphatic carbocycles. The summed E-state index contributed by atoms with van der Waals surface area (Å²) in [4.78, 5) is 24.3. The molecule has 1 fully saturated rings. The number of nitrogens with one attached hydrogen (secondary N) is 1. The molecule has 0 bridgehead atoms. The zero-order valence-electron chi connectivity index (χ0n) is 15.9. The number of esters is 1. The second kappa shape index (κ2) is 8.84. The largest absolute Gasteiger partial charge is 0.462 e. The molecular formula is C20H21ClN2O5S. The lowest BCUT2D eigenvalue weighted by atomic mass is 10.1. The van der Waals surface area contributed by atoms with Crippen LogP contribution in [0.4, 0.5) is 11.4 Å². The van der Waals surface area contributed by atoms with E-state index in [1.165, 1.54) is 16.4 Å². The average molecular weight is 437 g/mol. The third-order valence-electron chi connectivity index (χ3n) is 4.49. The number of halogens is 1. The lowest BCUT2D eigenvalue weighted by Gasteiger charge is -2.28. The second-order valence-corrected chi connectivity index (χ2v) is 8.93. The molecule has 2 aromatic carbocycles. The number of anilines is 2. The molecule has 9 heteroatoms. The quantitative estimate of drug-likeness (QED) is 0.721. The van der Waals surface area contributed by atoms with E-state index in [2.05, 4.69) is 5.32 Å². The van der Waals surface area contributed by atoms with Gasteiger partial charge in [-0.25, -0.2) is 13.2 Å². The van der Waals surface area contributed by atoms with Crippen molar-refractivity contribution in [3.63, 3.8) is 0 Å². The first-order chi connectivity index (χ1) is 13.8. The van der Waals surface area contributed by atoms with Crippen LogP contribution in [-0.2, 0) is 14.8 Å². The highest BCUT2D eigenvalue weighted by Crippen LogP contribution is 2.25. The van der Waals surface area contributed by atoms with E-state index >= 15 is 0 Å². The number of hydrogen-bond acceptors (Lipinski definition) is 5. The lowest BCUT2D eigenvalue weighted by Crippen LogP contribution is -2.37. The number of benzene rings is 2. The third kappa shape index (κ3) is 4.89. The first-order valence-corrected chi connectivity index (χ1v) is 11.2. The van der Waals surface area contributed by atoms with Gasteiger partial charge in [-0.05, 0) is 62.2 Å². The molecule has 1 N–H and O–H groups in total. The first-order valence-electron chi connectivity index (χ1n) is 9.20. The van der Waals surface area contributed by atoms with Gasteiger partial charge in [0.15, 0.2) is 0 Å². The molecule has 3 rings (SSSR count). The zero-order chi connectivity index (χ0) is 21.0. The minimum absolute atomic E-state index is 0.137. The first kappa shape index (κ1) is 21.1. The van der Waals surface area contributed by atoms with Crippen molar-refractivity contribution >= 4 is 44.9 Å². The maximum Gasteiger partial charge on any atom is 0.339 e. The Hall–Kier alpha value is -2.58. The van der Waals surface area contributed by atoms with Gasteiger partial charge in [0.2, 0.25) is 10.0 Å². The fourth-order valence-corrected chi connectivity index (χ4v) is 4.93. The van der Waals surface area contributed by atoms with Gasteiger partial charge in [0.05, 0.1) is 28.6 Å². The summed E-state index contributed by atoms with van der Waals surface area (Å²) < 4.78 is 30.7. The molecule has 1 aliphatic rings. The van der Waals surface area contributed by atoms with Gasteiger partial charge in [0.1, 0.15) is 0 Å². The van der Waals surface area contributed by atoms with Crippen molar-refractivity contribution in [1.29, 1.82) is 0 Å². The van der Waals surface area contributed by atoms with Crippen molar-refractivity contribution in [2.24, 2.45) is 0 Å². The van der Waals surface area contributed by atoms with Crippen molar-refractivity contribution in [2.75, 3.05) is 28.5 Å². The van der Waals surface area contributed by atoms with Gasteiger partial charge in [-0.2, -0.15) is 0 Å². The van der Waals surface area contributed by atoms with Gasteiger partial charge in [-0.3, -0.25) is 9.10 Å². The Balaban J connectivity index is 1.71. The number of carbonyl (C=O) groups is 2. The molecule has 1 saturated heterocycles. The Morgan fingerprint density at radius 3 is 2.48 bits per heavy atom. The van der Waals surface area contributed by atoms with Crippen LogP contribution in [0.15, 0.2) is 42.5 Å². The summed E-state index contributed by atoms with van der Waals surface area (Å²) in [6.45, 7) is 2.38. The summed E-state index contributed by atoms with van der Waals surface area (Å²) in [7, 11) is -3.30. The molecule has 0 radical (unpaired) electrons. The molecule has 1 aliphatic heterocycles. The average Bonchev–Trinajstić information content (AvgIpc) is 2.68. The molecule has 154 valence electrons. The monoisotopic (exact) mass is 436 g/mol. The number of sulfonamides is 1. The van der Waals surface area contributed by atoms with E-state index in [1.807, 2.05) is 0 Å². The fraction of sp³-hybridized carbons (Fsp3) is 0.300. The van der Waals surface area contributed by atoms with Gasteiger partial charge >= 0.3 is 5.97 Å². The molecule has 29 heavy (non-hydrogen) atoms. The molecule has 0 atom stereocenters. The van der Waals surface area contributed by atoms with Crippen LogP contribution in [-0.4, -0.2) is 39.2 Å². The smallest absolute Gasteiger partial charge is 0.339 e. The van der Waals surface area contributed by atoms with Gasteiger partial charge < -0.3 is 10.1 Å². The summed E-state index contributed by atoms with van der Waals surface area (Å²) in [5.41, 5.74) is 1.56. The van der Waals surface area contributed by atoms with E-state index in [0.717, 1.165) is 6.42 Å². The molecule has 0 aromatic heterocycles. The normalized spacial score (nSPS) is 15.6. The second-order valence-electron chi connectivity index (χ2n) is 6.51. The minimum Gasteiger partial charge on any atom is -0.462 e. The number of amides is 1. The van der Waals surface area contributed by atoms with Gasteiger partial charge in [0.25, 0.3) is 5.91 Å². The number of ether oxygens (including phenoxy) is 1. The summed E-state index contributed by atoms with van der Waals surface area (Å²) in [5.74, 6) is -0.769. The van der Waals surface area contributed by atoms with Crippen molar-refractivity contribution in [3.8, 4) is 0 Å². The molecule has 2 aromatic rings. The Labute approximate surface area is 174 Å². The van der Waals surface area contributed by atoms with Crippen LogP contribution in [0.2, 0.25) is 5.02 Å². The maximum absolute atomic E-state index is 12.5. The SMILES string of the molecule is CCOC(=O)c1ccc(NC(=O)c2ccc(N3CCCCS3(=O)=O)cc2)cc1Cl. The molecule has 1 amide bonds. The molecule has 0 spiro atoms. The van der Waals surface area contributed by atoms with E-state index in [9.17, 15) is 18.0 Å². The molecule has 1 heterocycles. The van der Waals surface area contributed by atoms with E-state index in [1.54, 1.807) is 37.3 Å². The van der Waals surface area contributed by atoms with Gasteiger partial charge in [0, 0.05) is 17.8 Å². The molecule has 0 saturated carbocycles. The Morgan fingerprint density at radius 2 is 1.86 bits per heavy atom. The lowest BCUT2D eigenvalue weighted by molar-refractivity contribution is 0.0526. The van der Waals surface area contributed by atoms with Crippen LogP contribution in [0.1, 0.15) is 40.5 Å². The van der Waals surface area contributed by atoms with Crippen LogP contribution in [0.3, 0.4) is 0 Å². The number of rotatable bonds is 5. The summed E-state index contributed by atoms with van der Waals surface area (Å²) in [5, 5.41) is 2.88. The summed E-state index contributed by atoms with van der Waals surface area (Å²) >= 11 is 6.11. The Morgan fingerprint density at radius 1 is 1.14 bits per heavy atom. The highest BCUT2D eigenvalue weighted by molar-refractivity contribution is 7.92. The van der Waals surface area contributed by atoms with Gasteiger partial charge in [-0.1, -0.05) is 11.6 Å². The topological polar surface area (TPSA) is 92.8 Å². The number of hydrogen-bond donors (Lipinski definition) is 1. The minimum atomic E-state index is -3.30. The van der Waals surface area contributed by atoms with Crippen LogP contribution < -0.4 is 9.62 Å². The third-order valence-corrected chi connectivity index (χ3v) is 6.67. The van der Waals surface area contributed by atoms with E-state index in [4.69, 9.17) is 16.3 Å². The van der Waals surface area contributed by atoms with Crippen molar-refractivity contribution in [1.82, 2.24) is 0 Å². The van der Waals surface area contributed by atoms with Crippen LogP contribution in [0, 0.1) is 0 Å². The van der Waals surface area contributed by atoms with Crippen molar-refractivity contribution in [3.05, 3.63) is 58.6 Å². The molecular weight excluding hydrogens is 416 g/mol. The van der Waals surface area contributed by atoms with Gasteiger partial charge in [-0.15, -0.1) is 0 Å². The standard InChI is InChI=1S/C20H21ClN2O5S/c1-2-28-20(25)17-10-7-15(13-18(17)21)22-19(24)14-5-8-16(9-6-14)23-11-3-4-12-29(23,26)27/h5-10,13H,2-4,11-12H2,1H3,(H,22,24). The van der Waals surface area contributed by atoms with Crippen molar-refractivity contribution < 1.29 is 22.7 Å². The number of nitrogens with zero attached hydrogens (tertiary/aromatic N) is 1. The van der Waals surface area contributed by atoms with Crippen LogP contribution in [0.5, 0.6) is 0 Å².